The molecule has 6 nitrogen and oxygen atoms in total. The number of aromatic nitrogens is 2. The molecule has 0 saturated heterocycles. The van der Waals surface area contributed by atoms with Gasteiger partial charge >= 0.3 is 5.97 Å². The minimum Gasteiger partial charge on any atom is -0.478 e. The Balaban J connectivity index is 1.78. The van der Waals surface area contributed by atoms with Crippen molar-refractivity contribution in [2.45, 2.75) is 13.5 Å². The molecule has 154 valence electrons. The number of nitrogens with one attached hydrogen (secondary N) is 1. The van der Waals surface area contributed by atoms with Crippen LogP contribution in [0.3, 0.4) is 0 Å². The summed E-state index contributed by atoms with van der Waals surface area (Å²) >= 11 is 0. The van der Waals surface area contributed by atoms with Crippen LogP contribution >= 0.6 is 0 Å². The van der Waals surface area contributed by atoms with Gasteiger partial charge in [-0.3, -0.25) is 9.69 Å². The van der Waals surface area contributed by atoms with E-state index in [1.54, 1.807) is 6.07 Å². The lowest BCUT2D eigenvalue weighted by Crippen LogP contribution is -2.32. The molecule has 0 unspecified atom stereocenters. The van der Waals surface area contributed by atoms with Gasteiger partial charge in [0.25, 0.3) is 5.56 Å². The van der Waals surface area contributed by atoms with Crippen molar-refractivity contribution in [3.8, 4) is 0 Å². The first kappa shape index (κ1) is 19.2. The largest absolute Gasteiger partial charge is 0.478 e. The average molecular weight is 411 g/mol. The summed E-state index contributed by atoms with van der Waals surface area (Å²) in [6.45, 7) is 3.91. The average Bonchev–Trinajstić information content (AvgIpc) is 2.77. The van der Waals surface area contributed by atoms with E-state index >= 15 is 0 Å². The van der Waals surface area contributed by atoms with Gasteiger partial charge in [-0.25, -0.2) is 9.78 Å². The van der Waals surface area contributed by atoms with E-state index in [2.05, 4.69) is 9.88 Å². The molecule has 1 aliphatic heterocycles. The fraction of sp³-hybridized carbons (Fsp3) is 0.160. The molecule has 0 fully saturated rings. The number of hydrogen-bond acceptors (Lipinski definition) is 4. The smallest absolute Gasteiger partial charge is 0.336 e. The molecule has 3 heterocycles. The van der Waals surface area contributed by atoms with Crippen LogP contribution in [-0.4, -0.2) is 39.0 Å². The van der Waals surface area contributed by atoms with Gasteiger partial charge in [0.2, 0.25) is 0 Å². The van der Waals surface area contributed by atoms with Gasteiger partial charge in [0.1, 0.15) is 0 Å². The van der Waals surface area contributed by atoms with Gasteiger partial charge in [-0.2, -0.15) is 0 Å². The van der Waals surface area contributed by atoms with Crippen LogP contribution in [0.2, 0.25) is 0 Å². The molecule has 6 heteroatoms. The van der Waals surface area contributed by atoms with Crippen molar-refractivity contribution in [2.24, 2.45) is 0 Å². The van der Waals surface area contributed by atoms with Crippen molar-refractivity contribution in [1.29, 1.82) is 0 Å². The van der Waals surface area contributed by atoms with Crippen LogP contribution in [0.5, 0.6) is 0 Å². The highest BCUT2D eigenvalue weighted by Crippen LogP contribution is 2.33. The maximum atomic E-state index is 12.7. The normalized spacial score (nSPS) is 15.5. The van der Waals surface area contributed by atoms with E-state index in [0.29, 0.717) is 40.8 Å². The summed E-state index contributed by atoms with van der Waals surface area (Å²) in [7, 11) is 0. The molecule has 0 radical (unpaired) electrons. The Hall–Kier alpha value is -3.77. The minimum atomic E-state index is -0.962. The lowest BCUT2D eigenvalue weighted by molar-refractivity contribution is 0.0696. The van der Waals surface area contributed by atoms with Crippen molar-refractivity contribution < 1.29 is 9.90 Å². The Morgan fingerprint density at radius 1 is 1.16 bits per heavy atom. The van der Waals surface area contributed by atoms with Crippen molar-refractivity contribution >= 4 is 39.4 Å². The number of aromatic carboxylic acids is 1. The van der Waals surface area contributed by atoms with Crippen LogP contribution in [0.4, 0.5) is 0 Å². The van der Waals surface area contributed by atoms with Gasteiger partial charge in [0.05, 0.1) is 16.8 Å². The van der Waals surface area contributed by atoms with Gasteiger partial charge in [0.15, 0.2) is 0 Å². The molecule has 0 bridgehead atoms. The van der Waals surface area contributed by atoms with E-state index in [9.17, 15) is 14.7 Å². The third-order valence-corrected chi connectivity index (χ3v) is 5.85. The number of rotatable bonds is 3. The van der Waals surface area contributed by atoms with Crippen molar-refractivity contribution in [1.82, 2.24) is 14.9 Å². The number of pyridine rings is 2. The number of benzene rings is 2. The van der Waals surface area contributed by atoms with E-state index in [-0.39, 0.29) is 11.1 Å². The minimum absolute atomic E-state index is 0.180. The van der Waals surface area contributed by atoms with E-state index in [1.807, 2.05) is 61.5 Å². The predicted molar refractivity (Wildman–Crippen MR) is 122 cm³/mol. The van der Waals surface area contributed by atoms with Crippen LogP contribution in [0.1, 0.15) is 34.1 Å². The van der Waals surface area contributed by atoms with Crippen LogP contribution in [0, 0.1) is 0 Å². The lowest BCUT2D eigenvalue weighted by Gasteiger charge is -2.30. The second kappa shape index (κ2) is 7.49. The van der Waals surface area contributed by atoms with E-state index < -0.39 is 5.97 Å². The molecular weight excluding hydrogens is 390 g/mol. The number of likely N-dealkylation sites (N-methyl/N-ethyl adjacent to an activating group) is 1. The third kappa shape index (κ3) is 3.31. The fourth-order valence-electron chi connectivity index (χ4n) is 4.31. The summed E-state index contributed by atoms with van der Waals surface area (Å²) in [6.07, 6.45) is 1.85. The van der Waals surface area contributed by atoms with Gasteiger partial charge in [-0.15, -0.1) is 0 Å². The van der Waals surface area contributed by atoms with E-state index in [1.165, 1.54) is 0 Å². The summed E-state index contributed by atoms with van der Waals surface area (Å²) < 4.78 is 0. The number of hydrogen-bond donors (Lipinski definition) is 2. The van der Waals surface area contributed by atoms with E-state index in [0.717, 1.165) is 23.0 Å². The zero-order valence-corrected chi connectivity index (χ0v) is 17.1. The SMILES string of the molecule is CCN1C/C(=C\c2cc3ccccc3[nH]c2=O)c2nc3ccccc3c(C(=O)O)c2C1. The third-order valence-electron chi connectivity index (χ3n) is 5.85. The first-order chi connectivity index (χ1) is 15.0. The first-order valence-corrected chi connectivity index (χ1v) is 10.3. The molecule has 0 aliphatic carbocycles. The second-order valence-electron chi connectivity index (χ2n) is 7.75. The number of carboxylic acids is 1. The molecule has 4 aromatic rings. The quantitative estimate of drug-likeness (QED) is 0.529. The topological polar surface area (TPSA) is 86.3 Å². The Labute approximate surface area is 178 Å². The number of aromatic amines is 1. The molecule has 5 rings (SSSR count). The highest BCUT2D eigenvalue weighted by Gasteiger charge is 2.28. The predicted octanol–water partition coefficient (Wildman–Crippen LogP) is 4.15. The number of para-hydroxylation sites is 2. The van der Waals surface area contributed by atoms with Crippen LogP contribution in [-0.2, 0) is 6.54 Å². The summed E-state index contributed by atoms with van der Waals surface area (Å²) in [5.41, 5.74) is 4.27. The summed E-state index contributed by atoms with van der Waals surface area (Å²) in [5.74, 6) is -0.962. The lowest BCUT2D eigenvalue weighted by atomic mass is 9.92. The number of fused-ring (bicyclic) bond motifs is 3. The van der Waals surface area contributed by atoms with E-state index in [4.69, 9.17) is 4.98 Å². The zero-order chi connectivity index (χ0) is 21.5. The maximum absolute atomic E-state index is 12.7. The Morgan fingerprint density at radius 2 is 1.94 bits per heavy atom. The van der Waals surface area contributed by atoms with Crippen molar-refractivity contribution in [3.05, 3.63) is 87.3 Å². The number of carbonyl (C=O) groups is 1. The molecular formula is C25H21N3O3. The molecule has 2 N–H and O–H groups in total. The monoisotopic (exact) mass is 411 g/mol. The number of carboxylic acid groups (broad SMARTS) is 1. The summed E-state index contributed by atoms with van der Waals surface area (Å²) in [4.78, 5) is 34.9. The zero-order valence-electron chi connectivity index (χ0n) is 17.1. The van der Waals surface area contributed by atoms with Gasteiger partial charge in [0, 0.05) is 35.1 Å². The second-order valence-corrected chi connectivity index (χ2v) is 7.75. The maximum Gasteiger partial charge on any atom is 0.336 e. The Kier molecular flexibility index (Phi) is 4.64. The van der Waals surface area contributed by atoms with Crippen LogP contribution in [0.15, 0.2) is 59.4 Å². The molecule has 1 aliphatic rings. The van der Waals surface area contributed by atoms with Gasteiger partial charge in [-0.05, 0) is 41.8 Å². The Morgan fingerprint density at radius 3 is 2.74 bits per heavy atom. The van der Waals surface area contributed by atoms with Crippen molar-refractivity contribution in [2.75, 3.05) is 13.1 Å². The highest BCUT2D eigenvalue weighted by molar-refractivity contribution is 6.06. The number of nitrogens with zero attached hydrogens (tertiary/aromatic N) is 2. The molecule has 0 atom stereocenters. The first-order valence-electron chi connectivity index (χ1n) is 10.3. The highest BCUT2D eigenvalue weighted by atomic mass is 16.4. The molecule has 0 saturated carbocycles. The number of H-pyrrole nitrogens is 1. The molecule has 2 aromatic carbocycles. The summed E-state index contributed by atoms with van der Waals surface area (Å²) in [5, 5.41) is 11.6. The molecule has 0 amide bonds. The summed E-state index contributed by atoms with van der Waals surface area (Å²) in [6, 6.07) is 16.8. The molecule has 0 spiro atoms. The molecule has 2 aromatic heterocycles. The molecule has 31 heavy (non-hydrogen) atoms. The standard InChI is InChI=1S/C25H21N3O3/c1-2-28-13-17(12-16-11-15-7-3-5-9-20(15)27-24(16)29)23-19(14-28)22(25(30)31)18-8-4-6-10-21(18)26-23/h3-12H,2,13-14H2,1H3,(H,27,29)(H,30,31)/b17-12+. The fourth-order valence-corrected chi connectivity index (χ4v) is 4.31. The van der Waals surface area contributed by atoms with Crippen molar-refractivity contribution in [3.63, 3.8) is 0 Å². The van der Waals surface area contributed by atoms with Crippen LogP contribution < -0.4 is 5.56 Å². The van der Waals surface area contributed by atoms with Crippen LogP contribution in [0.25, 0.3) is 33.5 Å². The Bertz CT molecular complexity index is 1440. The van der Waals surface area contributed by atoms with Gasteiger partial charge in [-0.1, -0.05) is 43.3 Å². The van der Waals surface area contributed by atoms with Gasteiger partial charge < -0.3 is 10.1 Å².